The van der Waals surface area contributed by atoms with E-state index in [0.717, 1.165) is 38.0 Å². The highest BCUT2D eigenvalue weighted by atomic mass is 32.1. The van der Waals surface area contributed by atoms with Crippen molar-refractivity contribution in [3.05, 3.63) is 118 Å². The Bertz CT molecular complexity index is 1790. The van der Waals surface area contributed by atoms with Crippen molar-refractivity contribution in [1.29, 1.82) is 0 Å². The molecule has 4 aromatic carbocycles. The molecule has 2 aromatic heterocycles. The number of carboxylic acids is 1. The number of carbonyl (C=O) groups is 2. The number of aromatic carboxylic acids is 1. The first kappa shape index (κ1) is 24.0. The molecule has 2 N–H and O–H groups in total. The number of benzene rings is 4. The van der Waals surface area contributed by atoms with Crippen LogP contribution in [0.3, 0.4) is 0 Å². The van der Waals surface area contributed by atoms with E-state index in [4.69, 9.17) is 9.48 Å². The molecule has 2 heterocycles. The molecule has 0 radical (unpaired) electrons. The van der Waals surface area contributed by atoms with Crippen LogP contribution in [-0.2, 0) is 13.0 Å². The first-order chi connectivity index (χ1) is 18.5. The summed E-state index contributed by atoms with van der Waals surface area (Å²) in [6, 6.07) is 25.1. The molecule has 0 fully saturated rings. The SMILES string of the molecule is O=C(O)c1ccc(CNC(=O)c2cc(-c3cnsc3)cc3snc(Cc4ccc5ccccc5c4)c23)cc1. The third-order valence-electron chi connectivity index (χ3n) is 6.49. The van der Waals surface area contributed by atoms with Gasteiger partial charge in [0.1, 0.15) is 0 Å². The molecular formula is C30H21N3O3S2. The average molecular weight is 536 g/mol. The molecule has 0 aliphatic heterocycles. The van der Waals surface area contributed by atoms with Gasteiger partial charge in [-0.15, -0.1) is 0 Å². The second kappa shape index (κ2) is 10.2. The molecule has 6 rings (SSSR count). The van der Waals surface area contributed by atoms with Crippen LogP contribution in [0.25, 0.3) is 32.0 Å². The van der Waals surface area contributed by atoms with E-state index in [2.05, 4.69) is 46.1 Å². The third-order valence-corrected chi connectivity index (χ3v) is 7.91. The van der Waals surface area contributed by atoms with Gasteiger partial charge >= 0.3 is 5.97 Å². The highest BCUT2D eigenvalue weighted by molar-refractivity contribution is 7.13. The second-order valence-electron chi connectivity index (χ2n) is 8.98. The maximum Gasteiger partial charge on any atom is 0.335 e. The van der Waals surface area contributed by atoms with Crippen molar-refractivity contribution < 1.29 is 14.7 Å². The third kappa shape index (κ3) is 4.79. The Morgan fingerprint density at radius 3 is 2.42 bits per heavy atom. The molecule has 8 heteroatoms. The molecule has 0 saturated heterocycles. The fourth-order valence-electron chi connectivity index (χ4n) is 4.53. The molecule has 38 heavy (non-hydrogen) atoms. The summed E-state index contributed by atoms with van der Waals surface area (Å²) in [5.74, 6) is -1.19. The standard InChI is InChI=1S/C30H21N3O3S2/c34-29(31-15-18-5-9-21(10-6-18)30(35)36)25-13-23(24-16-32-37-17-24)14-27-28(25)26(33-38-27)12-19-7-8-20-3-1-2-4-22(20)11-19/h1-11,13-14,16-17H,12,15H2,(H,31,34)(H,35,36). The Balaban J connectivity index is 1.35. The van der Waals surface area contributed by atoms with E-state index in [1.807, 2.05) is 23.6 Å². The van der Waals surface area contributed by atoms with Gasteiger partial charge in [-0.25, -0.2) is 9.17 Å². The quantitative estimate of drug-likeness (QED) is 0.235. The fourth-order valence-corrected chi connectivity index (χ4v) is 5.94. The van der Waals surface area contributed by atoms with Gasteiger partial charge in [0, 0.05) is 35.5 Å². The van der Waals surface area contributed by atoms with Crippen LogP contribution in [0, 0.1) is 0 Å². The minimum atomic E-state index is -0.980. The lowest BCUT2D eigenvalue weighted by Gasteiger charge is -2.10. The smallest absolute Gasteiger partial charge is 0.335 e. The minimum absolute atomic E-state index is 0.206. The van der Waals surface area contributed by atoms with Gasteiger partial charge in [-0.05, 0) is 74.8 Å². The van der Waals surface area contributed by atoms with Crippen LogP contribution in [0.4, 0.5) is 0 Å². The van der Waals surface area contributed by atoms with Crippen molar-refractivity contribution in [2.75, 3.05) is 0 Å². The minimum Gasteiger partial charge on any atom is -0.478 e. The van der Waals surface area contributed by atoms with Gasteiger partial charge < -0.3 is 10.4 Å². The van der Waals surface area contributed by atoms with Gasteiger partial charge in [-0.2, -0.15) is 4.37 Å². The van der Waals surface area contributed by atoms with E-state index in [9.17, 15) is 9.59 Å². The van der Waals surface area contributed by atoms with Crippen LogP contribution >= 0.6 is 23.1 Å². The molecule has 0 spiro atoms. The Kier molecular flexibility index (Phi) is 6.41. The first-order valence-corrected chi connectivity index (χ1v) is 13.6. The van der Waals surface area contributed by atoms with Gasteiger partial charge in [-0.3, -0.25) is 4.79 Å². The number of nitrogens with one attached hydrogen (secondary N) is 1. The normalized spacial score (nSPS) is 11.2. The van der Waals surface area contributed by atoms with Crippen molar-refractivity contribution in [2.45, 2.75) is 13.0 Å². The van der Waals surface area contributed by atoms with Crippen LogP contribution in [0.5, 0.6) is 0 Å². The monoisotopic (exact) mass is 535 g/mol. The van der Waals surface area contributed by atoms with Crippen LogP contribution in [0.15, 0.2) is 90.4 Å². The van der Waals surface area contributed by atoms with Gasteiger partial charge in [0.05, 0.1) is 21.5 Å². The predicted molar refractivity (Wildman–Crippen MR) is 152 cm³/mol. The molecular weight excluding hydrogens is 514 g/mol. The van der Waals surface area contributed by atoms with Crippen molar-refractivity contribution >= 4 is 55.8 Å². The summed E-state index contributed by atoms with van der Waals surface area (Å²) in [5, 5.41) is 17.3. The molecule has 0 saturated carbocycles. The molecule has 0 bridgehead atoms. The number of amides is 1. The van der Waals surface area contributed by atoms with E-state index >= 15 is 0 Å². The van der Waals surface area contributed by atoms with E-state index in [-0.39, 0.29) is 18.0 Å². The van der Waals surface area contributed by atoms with Crippen molar-refractivity contribution in [3.8, 4) is 11.1 Å². The zero-order valence-electron chi connectivity index (χ0n) is 20.0. The fraction of sp³-hybridized carbons (Fsp3) is 0.0667. The highest BCUT2D eigenvalue weighted by Crippen LogP contribution is 2.34. The van der Waals surface area contributed by atoms with E-state index in [0.29, 0.717) is 12.0 Å². The zero-order chi connectivity index (χ0) is 26.1. The van der Waals surface area contributed by atoms with Crippen molar-refractivity contribution in [2.24, 2.45) is 0 Å². The Hall–Kier alpha value is -4.40. The number of fused-ring (bicyclic) bond motifs is 2. The highest BCUT2D eigenvalue weighted by Gasteiger charge is 2.19. The molecule has 0 atom stereocenters. The molecule has 6 aromatic rings. The summed E-state index contributed by atoms with van der Waals surface area (Å²) >= 11 is 2.76. The van der Waals surface area contributed by atoms with Crippen molar-refractivity contribution in [1.82, 2.24) is 14.1 Å². The molecule has 186 valence electrons. The lowest BCUT2D eigenvalue weighted by molar-refractivity contribution is 0.0696. The average Bonchev–Trinajstić information content (AvgIpc) is 3.62. The Morgan fingerprint density at radius 1 is 0.868 bits per heavy atom. The zero-order valence-corrected chi connectivity index (χ0v) is 21.7. The van der Waals surface area contributed by atoms with Crippen LogP contribution in [0.1, 0.15) is 37.5 Å². The maximum atomic E-state index is 13.6. The number of hydrogen-bond donors (Lipinski definition) is 2. The van der Waals surface area contributed by atoms with Crippen molar-refractivity contribution in [3.63, 3.8) is 0 Å². The summed E-state index contributed by atoms with van der Waals surface area (Å²) in [6.45, 7) is 0.280. The predicted octanol–water partition coefficient (Wildman–Crippen LogP) is 6.79. The topological polar surface area (TPSA) is 92.2 Å². The summed E-state index contributed by atoms with van der Waals surface area (Å²) in [6.07, 6.45) is 2.41. The molecule has 6 nitrogen and oxygen atoms in total. The summed E-state index contributed by atoms with van der Waals surface area (Å²) in [7, 11) is 0. The number of carbonyl (C=O) groups excluding carboxylic acids is 1. The molecule has 0 aliphatic rings. The number of aromatic nitrogens is 2. The summed E-state index contributed by atoms with van der Waals surface area (Å²) in [4.78, 5) is 24.7. The Morgan fingerprint density at radius 2 is 1.66 bits per heavy atom. The van der Waals surface area contributed by atoms with E-state index in [1.165, 1.54) is 46.0 Å². The number of carboxylic acid groups (broad SMARTS) is 1. The van der Waals surface area contributed by atoms with Gasteiger partial charge in [0.15, 0.2) is 0 Å². The van der Waals surface area contributed by atoms with Gasteiger partial charge in [0.2, 0.25) is 0 Å². The second-order valence-corrected chi connectivity index (χ2v) is 10.4. The number of hydrogen-bond acceptors (Lipinski definition) is 6. The van der Waals surface area contributed by atoms with Crippen LogP contribution in [0.2, 0.25) is 0 Å². The van der Waals surface area contributed by atoms with Crippen LogP contribution < -0.4 is 5.32 Å². The molecule has 1 amide bonds. The Labute approximate surface area is 226 Å². The molecule has 0 aliphatic carbocycles. The summed E-state index contributed by atoms with van der Waals surface area (Å²) < 4.78 is 9.94. The maximum absolute atomic E-state index is 13.6. The van der Waals surface area contributed by atoms with E-state index < -0.39 is 5.97 Å². The largest absolute Gasteiger partial charge is 0.478 e. The summed E-state index contributed by atoms with van der Waals surface area (Å²) in [5.41, 5.74) is 5.47. The van der Waals surface area contributed by atoms with E-state index in [1.54, 1.807) is 18.3 Å². The number of nitrogens with zero attached hydrogens (tertiary/aromatic N) is 2. The lowest BCUT2D eigenvalue weighted by atomic mass is 9.97. The van der Waals surface area contributed by atoms with Crippen LogP contribution in [-0.4, -0.2) is 25.7 Å². The van der Waals surface area contributed by atoms with Gasteiger partial charge in [0.25, 0.3) is 5.91 Å². The molecule has 0 unspecified atom stereocenters. The first-order valence-electron chi connectivity index (χ1n) is 12.0. The lowest BCUT2D eigenvalue weighted by Crippen LogP contribution is -2.23. The number of rotatable bonds is 7. The van der Waals surface area contributed by atoms with Gasteiger partial charge in [-0.1, -0.05) is 54.6 Å².